The Labute approximate surface area is 179 Å². The van der Waals surface area contributed by atoms with Crippen LogP contribution >= 0.6 is 11.6 Å². The molecule has 0 aliphatic rings. The molecule has 4 nitrogen and oxygen atoms in total. The third-order valence-corrected chi connectivity index (χ3v) is 5.01. The first kappa shape index (κ1) is 23.0. The van der Waals surface area contributed by atoms with Crippen molar-refractivity contribution in [3.05, 3.63) is 70.2 Å². The molecule has 1 N–H and O–H groups in total. The lowest BCUT2D eigenvalue weighted by atomic mass is 10.0. The molecule has 0 saturated carbocycles. The molecule has 0 bridgehead atoms. The van der Waals surface area contributed by atoms with E-state index in [1.807, 2.05) is 71.0 Å². The molecule has 5 heteroatoms. The van der Waals surface area contributed by atoms with Crippen molar-refractivity contribution in [1.82, 2.24) is 10.2 Å². The molecule has 0 radical (unpaired) electrons. The fourth-order valence-corrected chi connectivity index (χ4v) is 3.36. The van der Waals surface area contributed by atoms with Crippen LogP contribution in [0.15, 0.2) is 48.5 Å². The molecule has 0 saturated heterocycles. The van der Waals surface area contributed by atoms with E-state index in [1.165, 1.54) is 0 Å². The van der Waals surface area contributed by atoms with Gasteiger partial charge in [-0.1, -0.05) is 54.9 Å². The van der Waals surface area contributed by atoms with Gasteiger partial charge in [-0.05, 0) is 62.9 Å². The zero-order valence-corrected chi connectivity index (χ0v) is 18.7. The molecule has 29 heavy (non-hydrogen) atoms. The van der Waals surface area contributed by atoms with Gasteiger partial charge in [-0.2, -0.15) is 0 Å². The number of hydrogen-bond acceptors (Lipinski definition) is 2. The summed E-state index contributed by atoms with van der Waals surface area (Å²) in [5, 5.41) is 3.66. The number of nitrogens with one attached hydrogen (secondary N) is 1. The zero-order valence-electron chi connectivity index (χ0n) is 18.0. The third-order valence-electron chi connectivity index (χ3n) is 4.75. The number of rotatable bonds is 7. The van der Waals surface area contributed by atoms with Gasteiger partial charge < -0.3 is 10.2 Å². The topological polar surface area (TPSA) is 49.4 Å². The summed E-state index contributed by atoms with van der Waals surface area (Å²) in [5.74, 6) is -0.197. The maximum absolute atomic E-state index is 13.3. The highest BCUT2D eigenvalue weighted by atomic mass is 35.5. The minimum Gasteiger partial charge on any atom is -0.350 e. The largest absolute Gasteiger partial charge is 0.350 e. The molecule has 0 aromatic heterocycles. The first-order chi connectivity index (χ1) is 13.6. The van der Waals surface area contributed by atoms with Gasteiger partial charge in [0.1, 0.15) is 6.04 Å². The van der Waals surface area contributed by atoms with Crippen LogP contribution in [0.1, 0.15) is 50.8 Å². The number of hydrogen-bond donors (Lipinski definition) is 1. The smallest absolute Gasteiger partial charge is 0.243 e. The molecule has 2 rings (SSSR count). The fraction of sp³-hybridized carbons (Fsp3) is 0.417. The minimum absolute atomic E-state index is 0.0647. The lowest BCUT2D eigenvalue weighted by Crippen LogP contribution is -2.53. The van der Waals surface area contributed by atoms with Crippen LogP contribution in [0.3, 0.4) is 0 Å². The van der Waals surface area contributed by atoms with Gasteiger partial charge in [0.05, 0.1) is 6.42 Å². The molecule has 0 fully saturated rings. The number of halogens is 1. The van der Waals surface area contributed by atoms with E-state index in [-0.39, 0.29) is 23.8 Å². The summed E-state index contributed by atoms with van der Waals surface area (Å²) in [6.45, 7) is 10.1. The normalized spacial score (nSPS) is 12.3. The lowest BCUT2D eigenvalue weighted by Gasteiger charge is -2.33. The van der Waals surface area contributed by atoms with E-state index >= 15 is 0 Å². The average molecular weight is 415 g/mol. The molecule has 0 spiro atoms. The second-order valence-electron chi connectivity index (χ2n) is 8.41. The average Bonchev–Trinajstić information content (AvgIpc) is 2.63. The number of carbonyl (C=O) groups excluding carboxylic acids is 2. The SMILES string of the molecule is CC[C@@H](C(=O)NC(C)(C)C)N(Cc1ccc(Cl)cc1)C(=O)Cc1ccccc1C. The molecular formula is C24H31ClN2O2. The molecule has 2 aromatic rings. The number of aryl methyl sites for hydroxylation is 1. The van der Waals surface area contributed by atoms with E-state index in [9.17, 15) is 9.59 Å². The highest BCUT2D eigenvalue weighted by molar-refractivity contribution is 6.30. The van der Waals surface area contributed by atoms with Crippen molar-refractivity contribution in [3.63, 3.8) is 0 Å². The molecule has 1 atom stereocenters. The predicted molar refractivity (Wildman–Crippen MR) is 119 cm³/mol. The molecular weight excluding hydrogens is 384 g/mol. The number of nitrogens with zero attached hydrogens (tertiary/aromatic N) is 1. The van der Waals surface area contributed by atoms with Gasteiger partial charge in [-0.15, -0.1) is 0 Å². The maximum atomic E-state index is 13.3. The Kier molecular flexibility index (Phi) is 7.86. The second-order valence-corrected chi connectivity index (χ2v) is 8.85. The first-order valence-corrected chi connectivity index (χ1v) is 10.4. The predicted octanol–water partition coefficient (Wildman–Crippen LogP) is 4.91. The van der Waals surface area contributed by atoms with E-state index in [0.717, 1.165) is 16.7 Å². The quantitative estimate of drug-likeness (QED) is 0.699. The third kappa shape index (κ3) is 6.90. The van der Waals surface area contributed by atoms with Gasteiger partial charge in [0.2, 0.25) is 11.8 Å². The molecule has 0 aliphatic carbocycles. The van der Waals surface area contributed by atoms with Crippen molar-refractivity contribution in [1.29, 1.82) is 0 Å². The molecule has 156 valence electrons. The number of amides is 2. The summed E-state index contributed by atoms with van der Waals surface area (Å²) in [6.07, 6.45) is 0.800. The Hall–Kier alpha value is -2.33. The van der Waals surface area contributed by atoms with Gasteiger partial charge in [-0.3, -0.25) is 9.59 Å². The second kappa shape index (κ2) is 9.93. The Balaban J connectivity index is 2.32. The first-order valence-electron chi connectivity index (χ1n) is 10.0. The van der Waals surface area contributed by atoms with Crippen LogP contribution in [-0.4, -0.2) is 28.3 Å². The van der Waals surface area contributed by atoms with Crippen LogP contribution < -0.4 is 5.32 Å². The zero-order chi connectivity index (χ0) is 21.6. The van der Waals surface area contributed by atoms with Crippen molar-refractivity contribution in [2.75, 3.05) is 0 Å². The van der Waals surface area contributed by atoms with Crippen LogP contribution in [0.25, 0.3) is 0 Å². The molecule has 0 unspecified atom stereocenters. The van der Waals surface area contributed by atoms with Crippen LogP contribution in [0, 0.1) is 6.92 Å². The fourth-order valence-electron chi connectivity index (χ4n) is 3.23. The van der Waals surface area contributed by atoms with E-state index in [1.54, 1.807) is 17.0 Å². The Morgan fingerprint density at radius 1 is 1.07 bits per heavy atom. The van der Waals surface area contributed by atoms with Crippen LogP contribution in [0.4, 0.5) is 0 Å². The summed E-state index contributed by atoms with van der Waals surface area (Å²) in [4.78, 5) is 28.0. The van der Waals surface area contributed by atoms with Crippen LogP contribution in [0.2, 0.25) is 5.02 Å². The van der Waals surface area contributed by atoms with Gasteiger partial charge in [-0.25, -0.2) is 0 Å². The number of benzene rings is 2. The Bertz CT molecular complexity index is 841. The van der Waals surface area contributed by atoms with Crippen molar-refractivity contribution in [3.8, 4) is 0 Å². The summed E-state index contributed by atoms with van der Waals surface area (Å²) in [7, 11) is 0. The summed E-state index contributed by atoms with van der Waals surface area (Å²) >= 11 is 6.00. The van der Waals surface area contributed by atoms with Crippen LogP contribution in [0.5, 0.6) is 0 Å². The van der Waals surface area contributed by atoms with Gasteiger partial charge in [0.15, 0.2) is 0 Å². The molecule has 2 aromatic carbocycles. The molecule has 0 aliphatic heterocycles. The molecule has 0 heterocycles. The minimum atomic E-state index is -0.540. The van der Waals surface area contributed by atoms with Crippen molar-refractivity contribution in [2.24, 2.45) is 0 Å². The Morgan fingerprint density at radius 2 is 1.69 bits per heavy atom. The number of carbonyl (C=O) groups is 2. The van der Waals surface area contributed by atoms with Crippen molar-refractivity contribution in [2.45, 2.75) is 65.6 Å². The monoisotopic (exact) mass is 414 g/mol. The maximum Gasteiger partial charge on any atom is 0.243 e. The Morgan fingerprint density at radius 3 is 2.24 bits per heavy atom. The highest BCUT2D eigenvalue weighted by Gasteiger charge is 2.30. The van der Waals surface area contributed by atoms with E-state index in [0.29, 0.717) is 18.0 Å². The lowest BCUT2D eigenvalue weighted by molar-refractivity contribution is -0.141. The summed E-state index contributed by atoms with van der Waals surface area (Å²) in [5.41, 5.74) is 2.62. The van der Waals surface area contributed by atoms with E-state index in [4.69, 9.17) is 11.6 Å². The van der Waals surface area contributed by atoms with Crippen molar-refractivity contribution >= 4 is 23.4 Å². The van der Waals surface area contributed by atoms with Gasteiger partial charge >= 0.3 is 0 Å². The summed E-state index contributed by atoms with van der Waals surface area (Å²) < 4.78 is 0. The van der Waals surface area contributed by atoms with Crippen molar-refractivity contribution < 1.29 is 9.59 Å². The van der Waals surface area contributed by atoms with Gasteiger partial charge in [0.25, 0.3) is 0 Å². The van der Waals surface area contributed by atoms with Gasteiger partial charge in [0, 0.05) is 17.1 Å². The van der Waals surface area contributed by atoms with E-state index < -0.39 is 6.04 Å². The van der Waals surface area contributed by atoms with Crippen LogP contribution in [-0.2, 0) is 22.6 Å². The summed E-state index contributed by atoms with van der Waals surface area (Å²) in [6, 6.07) is 14.7. The standard InChI is InChI=1S/C24H31ClN2O2/c1-6-21(23(29)26-24(3,4)5)27(16-18-11-13-20(25)14-12-18)22(28)15-19-10-8-7-9-17(19)2/h7-14,21H,6,15-16H2,1-5H3,(H,26,29)/t21-/m0/s1. The highest BCUT2D eigenvalue weighted by Crippen LogP contribution is 2.18. The molecule has 2 amide bonds. The van der Waals surface area contributed by atoms with E-state index in [2.05, 4.69) is 5.32 Å².